The second-order valence-corrected chi connectivity index (χ2v) is 6.24. The van der Waals surface area contributed by atoms with Gasteiger partial charge in [0.1, 0.15) is 23.7 Å². The first kappa shape index (κ1) is 20.3. The van der Waals surface area contributed by atoms with Crippen molar-refractivity contribution in [2.45, 2.75) is 43.7 Å². The van der Waals surface area contributed by atoms with Gasteiger partial charge < -0.3 is 15.6 Å². The van der Waals surface area contributed by atoms with E-state index >= 15 is 0 Å². The van der Waals surface area contributed by atoms with Crippen LogP contribution in [0.25, 0.3) is 5.69 Å². The first-order valence-electron chi connectivity index (χ1n) is 8.20. The fourth-order valence-corrected chi connectivity index (χ4v) is 3.11. The van der Waals surface area contributed by atoms with Crippen molar-refractivity contribution >= 4 is 18.4 Å². The van der Waals surface area contributed by atoms with Crippen molar-refractivity contribution in [2.75, 3.05) is 7.11 Å². The minimum absolute atomic E-state index is 0. The molecule has 142 valence electrons. The minimum atomic E-state index is -0.645. The van der Waals surface area contributed by atoms with Crippen LogP contribution in [0.3, 0.4) is 0 Å². The lowest BCUT2D eigenvalue weighted by Gasteiger charge is -2.30. The molecule has 0 amide bonds. The van der Waals surface area contributed by atoms with E-state index in [4.69, 9.17) is 5.73 Å². The summed E-state index contributed by atoms with van der Waals surface area (Å²) < 4.78 is 20.3. The maximum Gasteiger partial charge on any atom is 0.313 e. The number of para-hydroxylation sites is 1. The van der Waals surface area contributed by atoms with Crippen molar-refractivity contribution in [1.82, 2.24) is 14.8 Å². The van der Waals surface area contributed by atoms with Gasteiger partial charge >= 0.3 is 5.97 Å². The lowest BCUT2D eigenvalue weighted by atomic mass is 9.84. The largest absolute Gasteiger partial charge is 0.469 e. The Bertz CT molecular complexity index is 770. The zero-order valence-corrected chi connectivity index (χ0v) is 15.2. The number of halogens is 2. The lowest BCUT2D eigenvalue weighted by Crippen LogP contribution is -2.40. The van der Waals surface area contributed by atoms with E-state index < -0.39 is 17.9 Å². The van der Waals surface area contributed by atoms with Gasteiger partial charge in [0.05, 0.1) is 13.2 Å². The predicted octanol–water partition coefficient (Wildman–Crippen LogP) is 1.50. The summed E-state index contributed by atoms with van der Waals surface area (Å²) in [5, 5.41) is 14.4. The Labute approximate surface area is 156 Å². The minimum Gasteiger partial charge on any atom is -0.469 e. The molecule has 3 N–H and O–H groups in total. The molecular formula is C17H22ClFN4O3. The summed E-state index contributed by atoms with van der Waals surface area (Å²) in [5.41, 5.74) is 6.12. The number of rotatable bonds is 4. The Balaban J connectivity index is 0.00000243. The van der Waals surface area contributed by atoms with E-state index in [0.29, 0.717) is 25.1 Å². The van der Waals surface area contributed by atoms with E-state index in [2.05, 4.69) is 14.8 Å². The average molecular weight is 385 g/mol. The van der Waals surface area contributed by atoms with Crippen molar-refractivity contribution in [3.05, 3.63) is 41.7 Å². The number of aliphatic hydroxyl groups excluding tert-OH is 1. The van der Waals surface area contributed by atoms with Crippen LogP contribution in [-0.4, -0.2) is 45.1 Å². The summed E-state index contributed by atoms with van der Waals surface area (Å²) in [5.74, 6) is -0.244. The van der Waals surface area contributed by atoms with E-state index in [1.54, 1.807) is 18.2 Å². The van der Waals surface area contributed by atoms with Gasteiger partial charge in [-0.15, -0.1) is 12.4 Å². The molecule has 0 bridgehead atoms. The van der Waals surface area contributed by atoms with Crippen LogP contribution in [0, 0.1) is 5.82 Å². The molecule has 7 nitrogen and oxygen atoms in total. The maximum atomic E-state index is 14.2. The molecule has 0 saturated heterocycles. The molecule has 3 atom stereocenters. The molecule has 1 aliphatic carbocycles. The molecule has 1 aliphatic rings. The van der Waals surface area contributed by atoms with Gasteiger partial charge in [-0.3, -0.25) is 4.79 Å². The topological polar surface area (TPSA) is 103 Å². The molecule has 1 aromatic heterocycles. The zero-order valence-electron chi connectivity index (χ0n) is 14.3. The second kappa shape index (κ2) is 8.57. The number of nitrogens with zero attached hydrogens (tertiary/aromatic N) is 3. The highest BCUT2D eigenvalue weighted by Crippen LogP contribution is 2.33. The molecular weight excluding hydrogens is 363 g/mol. The van der Waals surface area contributed by atoms with E-state index in [1.165, 1.54) is 17.9 Å². The number of carbonyl (C=O) groups excluding carboxylic acids is 1. The highest BCUT2D eigenvalue weighted by atomic mass is 35.5. The average Bonchev–Trinajstić information content (AvgIpc) is 3.01. The summed E-state index contributed by atoms with van der Waals surface area (Å²) in [6, 6.07) is 5.96. The zero-order chi connectivity index (χ0) is 18.0. The number of ether oxygens (including phenoxy) is 1. The molecule has 26 heavy (non-hydrogen) atoms. The molecule has 1 aromatic carbocycles. The first-order valence-corrected chi connectivity index (χ1v) is 8.20. The van der Waals surface area contributed by atoms with Crippen LogP contribution in [-0.2, 0) is 16.0 Å². The van der Waals surface area contributed by atoms with Gasteiger partial charge in [-0.2, -0.15) is 5.10 Å². The van der Waals surface area contributed by atoms with Crippen LogP contribution in [0.15, 0.2) is 24.3 Å². The highest BCUT2D eigenvalue weighted by molar-refractivity contribution is 5.85. The van der Waals surface area contributed by atoms with Gasteiger partial charge in [0.25, 0.3) is 0 Å². The fraction of sp³-hybridized carbons (Fsp3) is 0.471. The summed E-state index contributed by atoms with van der Waals surface area (Å²) >= 11 is 0. The Kier molecular flexibility index (Phi) is 6.69. The number of aliphatic hydroxyl groups is 1. The Hall–Kier alpha value is -2.03. The summed E-state index contributed by atoms with van der Waals surface area (Å²) in [4.78, 5) is 16.0. The number of hydrogen-bond donors (Lipinski definition) is 2. The molecule has 1 fully saturated rings. The predicted molar refractivity (Wildman–Crippen MR) is 94.9 cm³/mol. The number of nitrogens with two attached hydrogens (primary N) is 1. The summed E-state index contributed by atoms with van der Waals surface area (Å²) in [7, 11) is 1.29. The second-order valence-electron chi connectivity index (χ2n) is 6.24. The third-order valence-corrected chi connectivity index (χ3v) is 4.52. The molecule has 9 heteroatoms. The molecule has 0 aliphatic heterocycles. The fourth-order valence-electron chi connectivity index (χ4n) is 3.11. The highest BCUT2D eigenvalue weighted by Gasteiger charge is 2.32. The number of benzene rings is 1. The molecule has 2 aromatic rings. The maximum absolute atomic E-state index is 14.2. The van der Waals surface area contributed by atoms with E-state index in [-0.39, 0.29) is 42.3 Å². The Morgan fingerprint density at radius 1 is 1.42 bits per heavy atom. The van der Waals surface area contributed by atoms with Crippen LogP contribution < -0.4 is 5.73 Å². The summed E-state index contributed by atoms with van der Waals surface area (Å²) in [6.07, 6.45) is 1.03. The van der Waals surface area contributed by atoms with Crippen LogP contribution in [0.5, 0.6) is 0 Å². The van der Waals surface area contributed by atoms with Crippen LogP contribution in [0.1, 0.15) is 36.8 Å². The molecule has 3 rings (SSSR count). The number of hydrogen-bond acceptors (Lipinski definition) is 6. The molecule has 0 spiro atoms. The van der Waals surface area contributed by atoms with Crippen LogP contribution >= 0.6 is 12.4 Å². The molecule has 0 unspecified atom stereocenters. The van der Waals surface area contributed by atoms with E-state index in [1.807, 2.05) is 0 Å². The summed E-state index contributed by atoms with van der Waals surface area (Å²) in [6.45, 7) is 0. The van der Waals surface area contributed by atoms with Gasteiger partial charge in [-0.05, 0) is 31.4 Å². The standard InChI is InChI=1S/C17H21FN4O3.ClH/c1-25-16(24)9-15-20-17(10-6-7-12(19)14(23)8-10)22(21-15)13-5-3-2-4-11(13)18;/h2-5,10,12,14,23H,6-9,19H2,1H3;1H/t10-,12+,14+;/m0./s1. The van der Waals surface area contributed by atoms with Crippen molar-refractivity contribution in [2.24, 2.45) is 5.73 Å². The van der Waals surface area contributed by atoms with Gasteiger partial charge in [0.2, 0.25) is 0 Å². The van der Waals surface area contributed by atoms with Gasteiger partial charge in [0, 0.05) is 12.0 Å². The Morgan fingerprint density at radius 3 is 2.81 bits per heavy atom. The van der Waals surface area contributed by atoms with Gasteiger partial charge in [-0.25, -0.2) is 14.1 Å². The number of methoxy groups -OCH3 is 1. The van der Waals surface area contributed by atoms with E-state index in [0.717, 1.165) is 0 Å². The SMILES string of the molecule is COC(=O)Cc1nc([C@H]2CC[C@@H](N)[C@H](O)C2)n(-c2ccccc2F)n1.Cl. The molecule has 1 saturated carbocycles. The Morgan fingerprint density at radius 2 is 2.15 bits per heavy atom. The van der Waals surface area contributed by atoms with Gasteiger partial charge in [0.15, 0.2) is 5.82 Å². The van der Waals surface area contributed by atoms with Crippen molar-refractivity contribution < 1.29 is 19.0 Å². The third kappa shape index (κ3) is 4.20. The van der Waals surface area contributed by atoms with Crippen LogP contribution in [0.2, 0.25) is 0 Å². The normalized spacial score (nSPS) is 22.5. The number of aromatic nitrogens is 3. The lowest BCUT2D eigenvalue weighted by molar-refractivity contribution is -0.139. The third-order valence-electron chi connectivity index (χ3n) is 4.52. The number of carbonyl (C=O) groups is 1. The van der Waals surface area contributed by atoms with Gasteiger partial charge in [-0.1, -0.05) is 12.1 Å². The van der Waals surface area contributed by atoms with Crippen molar-refractivity contribution in [3.8, 4) is 5.69 Å². The quantitative estimate of drug-likeness (QED) is 0.774. The van der Waals surface area contributed by atoms with Crippen molar-refractivity contribution in [3.63, 3.8) is 0 Å². The molecule has 0 radical (unpaired) electrons. The van der Waals surface area contributed by atoms with Crippen LogP contribution in [0.4, 0.5) is 4.39 Å². The number of esters is 1. The molecule has 1 heterocycles. The van der Waals surface area contributed by atoms with Crippen molar-refractivity contribution in [1.29, 1.82) is 0 Å². The monoisotopic (exact) mass is 384 g/mol. The van der Waals surface area contributed by atoms with E-state index in [9.17, 15) is 14.3 Å². The first-order chi connectivity index (χ1) is 12.0. The smallest absolute Gasteiger partial charge is 0.313 e.